The van der Waals surface area contributed by atoms with Gasteiger partial charge in [-0.05, 0) is 53.0 Å². The van der Waals surface area contributed by atoms with E-state index in [9.17, 15) is 4.79 Å². The third kappa shape index (κ3) is 4.25. The first kappa shape index (κ1) is 19.0. The number of aryl methyl sites for hydroxylation is 1. The molecule has 2 atom stereocenters. The lowest BCUT2D eigenvalue weighted by molar-refractivity contribution is -0.128. The van der Waals surface area contributed by atoms with Crippen LogP contribution in [-0.4, -0.2) is 53.9 Å². The Hall–Kier alpha value is -1.30. The van der Waals surface area contributed by atoms with Crippen molar-refractivity contribution in [3.8, 4) is 0 Å². The van der Waals surface area contributed by atoms with E-state index in [-0.39, 0.29) is 5.41 Å². The van der Waals surface area contributed by atoms with Crippen LogP contribution in [0.3, 0.4) is 0 Å². The highest BCUT2D eigenvalue weighted by Crippen LogP contribution is 2.46. The highest BCUT2D eigenvalue weighted by atomic mass is 32.2. The van der Waals surface area contributed by atoms with E-state index < -0.39 is 0 Å². The second-order valence-corrected chi connectivity index (χ2v) is 9.70. The molecule has 3 heterocycles. The van der Waals surface area contributed by atoms with Gasteiger partial charge in [-0.2, -0.15) is 23.1 Å². The number of hydrogen-bond donors (Lipinski definition) is 0. The molecule has 5 heteroatoms. The van der Waals surface area contributed by atoms with Crippen molar-refractivity contribution < 1.29 is 4.79 Å². The molecule has 2 saturated heterocycles. The molecule has 3 nitrogen and oxygen atoms in total. The zero-order valence-corrected chi connectivity index (χ0v) is 17.6. The van der Waals surface area contributed by atoms with Crippen molar-refractivity contribution in [2.24, 2.45) is 11.3 Å². The molecule has 2 aliphatic heterocycles. The molecular weight excluding hydrogens is 372 g/mol. The summed E-state index contributed by atoms with van der Waals surface area (Å²) in [6, 6.07) is 13.0. The molecule has 2 aliphatic rings. The number of likely N-dealkylation sites (tertiary alicyclic amines) is 2. The van der Waals surface area contributed by atoms with Crippen molar-refractivity contribution in [2.75, 3.05) is 38.2 Å². The van der Waals surface area contributed by atoms with Crippen LogP contribution in [0.15, 0.2) is 47.2 Å². The maximum Gasteiger partial charge on any atom is 0.232 e. The maximum absolute atomic E-state index is 12.5. The normalized spacial score (nSPS) is 25.1. The van der Waals surface area contributed by atoms with Crippen LogP contribution in [0.1, 0.15) is 17.5 Å². The number of hydrogen-bond acceptors (Lipinski definition) is 4. The number of carbonyl (C=O) groups excluding carboxylic acids is 1. The predicted molar refractivity (Wildman–Crippen MR) is 115 cm³/mol. The van der Waals surface area contributed by atoms with Gasteiger partial charge < -0.3 is 4.90 Å². The van der Waals surface area contributed by atoms with E-state index in [0.717, 1.165) is 39.1 Å². The van der Waals surface area contributed by atoms with E-state index in [0.29, 0.717) is 17.6 Å². The number of thiophene rings is 1. The Morgan fingerprint density at radius 3 is 2.78 bits per heavy atom. The van der Waals surface area contributed by atoms with E-state index in [1.807, 2.05) is 6.26 Å². The summed E-state index contributed by atoms with van der Waals surface area (Å²) in [7, 11) is 0. The molecule has 0 saturated carbocycles. The molecule has 2 unspecified atom stereocenters. The van der Waals surface area contributed by atoms with Crippen LogP contribution >= 0.6 is 23.1 Å². The minimum absolute atomic E-state index is 0.250. The summed E-state index contributed by atoms with van der Waals surface area (Å²) in [5.41, 5.74) is 3.09. The Morgan fingerprint density at radius 1 is 1.19 bits per heavy atom. The van der Waals surface area contributed by atoms with E-state index >= 15 is 0 Å². The standard InChI is InChI=1S/C22H28N2OS2/c1-26-15-21(25)24-13-20-12-23(11-19-8-10-27-14-19)16-22(20,17-24)9-7-18-5-3-2-4-6-18/h2-6,8,10,14,20H,7,9,11-13,15-17H2,1H3. The van der Waals surface area contributed by atoms with Gasteiger partial charge in [0, 0.05) is 38.1 Å². The summed E-state index contributed by atoms with van der Waals surface area (Å²) in [5, 5.41) is 4.43. The molecule has 1 aromatic heterocycles. The van der Waals surface area contributed by atoms with Gasteiger partial charge in [0.1, 0.15) is 0 Å². The van der Waals surface area contributed by atoms with E-state index in [4.69, 9.17) is 0 Å². The molecule has 0 bridgehead atoms. The minimum atomic E-state index is 0.250. The summed E-state index contributed by atoms with van der Waals surface area (Å²) in [5.74, 6) is 1.53. The number of benzene rings is 1. The average molecular weight is 401 g/mol. The fourth-order valence-corrected chi connectivity index (χ4v) is 5.94. The maximum atomic E-state index is 12.5. The van der Waals surface area contributed by atoms with Gasteiger partial charge in [0.15, 0.2) is 0 Å². The molecule has 0 N–H and O–H groups in total. The highest BCUT2D eigenvalue weighted by molar-refractivity contribution is 7.99. The number of nitrogens with zero attached hydrogens (tertiary/aromatic N) is 2. The largest absolute Gasteiger partial charge is 0.341 e. The summed E-state index contributed by atoms with van der Waals surface area (Å²) in [4.78, 5) is 17.3. The zero-order chi connectivity index (χ0) is 18.7. The fraction of sp³-hybridized carbons (Fsp3) is 0.500. The molecule has 144 valence electrons. The zero-order valence-electron chi connectivity index (χ0n) is 16.0. The lowest BCUT2D eigenvalue weighted by Crippen LogP contribution is -2.37. The van der Waals surface area contributed by atoms with Crippen molar-refractivity contribution in [1.82, 2.24) is 9.80 Å². The van der Waals surface area contributed by atoms with Gasteiger partial charge in [-0.15, -0.1) is 0 Å². The van der Waals surface area contributed by atoms with Gasteiger partial charge in [0.25, 0.3) is 0 Å². The van der Waals surface area contributed by atoms with Gasteiger partial charge in [-0.25, -0.2) is 0 Å². The Bertz CT molecular complexity index is 749. The SMILES string of the molecule is CSCC(=O)N1CC2CN(Cc3ccsc3)CC2(CCc2ccccc2)C1. The van der Waals surface area contributed by atoms with Gasteiger partial charge in [-0.3, -0.25) is 9.69 Å². The summed E-state index contributed by atoms with van der Waals surface area (Å²) >= 11 is 3.42. The van der Waals surface area contributed by atoms with Crippen LogP contribution in [0, 0.1) is 11.3 Å². The molecule has 1 aromatic carbocycles. The number of fused-ring (bicyclic) bond motifs is 1. The van der Waals surface area contributed by atoms with E-state index in [1.165, 1.54) is 17.5 Å². The van der Waals surface area contributed by atoms with Crippen LogP contribution in [-0.2, 0) is 17.8 Å². The van der Waals surface area contributed by atoms with Crippen LogP contribution in [0.4, 0.5) is 0 Å². The van der Waals surface area contributed by atoms with Crippen LogP contribution in [0.2, 0.25) is 0 Å². The van der Waals surface area contributed by atoms with Gasteiger partial charge in [0.05, 0.1) is 5.75 Å². The summed E-state index contributed by atoms with van der Waals surface area (Å²) in [6.45, 7) is 5.15. The third-order valence-electron chi connectivity index (χ3n) is 6.19. The Kier molecular flexibility index (Phi) is 5.90. The van der Waals surface area contributed by atoms with Crippen molar-refractivity contribution in [2.45, 2.75) is 19.4 Å². The minimum Gasteiger partial charge on any atom is -0.341 e. The first-order chi connectivity index (χ1) is 13.2. The van der Waals surface area contributed by atoms with Crippen molar-refractivity contribution >= 4 is 29.0 Å². The van der Waals surface area contributed by atoms with Crippen molar-refractivity contribution in [3.63, 3.8) is 0 Å². The third-order valence-corrected chi connectivity index (χ3v) is 7.46. The molecule has 1 amide bonds. The van der Waals surface area contributed by atoms with Gasteiger partial charge in [0.2, 0.25) is 5.91 Å². The second kappa shape index (κ2) is 8.38. The quantitative estimate of drug-likeness (QED) is 0.702. The molecule has 0 radical (unpaired) electrons. The number of amides is 1. The number of thioether (sulfide) groups is 1. The molecule has 2 fully saturated rings. The molecular formula is C22H28N2OS2. The van der Waals surface area contributed by atoms with Gasteiger partial charge in [-0.1, -0.05) is 30.3 Å². The van der Waals surface area contributed by atoms with Crippen molar-refractivity contribution in [3.05, 3.63) is 58.3 Å². The first-order valence-corrected chi connectivity index (χ1v) is 12.1. The molecule has 0 aliphatic carbocycles. The Labute approximate surface area is 170 Å². The number of carbonyl (C=O) groups is 1. The number of rotatable bonds is 7. The lowest BCUT2D eigenvalue weighted by atomic mass is 9.76. The smallest absolute Gasteiger partial charge is 0.232 e. The molecule has 2 aromatic rings. The van der Waals surface area contributed by atoms with E-state index in [2.05, 4.69) is 57.0 Å². The first-order valence-electron chi connectivity index (χ1n) is 9.73. The topological polar surface area (TPSA) is 23.6 Å². The second-order valence-electron chi connectivity index (χ2n) is 8.05. The lowest BCUT2D eigenvalue weighted by Gasteiger charge is -2.29. The summed E-state index contributed by atoms with van der Waals surface area (Å²) < 4.78 is 0. The van der Waals surface area contributed by atoms with E-state index in [1.54, 1.807) is 23.1 Å². The van der Waals surface area contributed by atoms with Crippen LogP contribution < -0.4 is 0 Å². The Morgan fingerprint density at radius 2 is 2.04 bits per heavy atom. The highest BCUT2D eigenvalue weighted by Gasteiger charge is 2.52. The Balaban J connectivity index is 1.47. The van der Waals surface area contributed by atoms with Crippen LogP contribution in [0.25, 0.3) is 0 Å². The molecule has 0 spiro atoms. The van der Waals surface area contributed by atoms with Crippen molar-refractivity contribution in [1.29, 1.82) is 0 Å². The monoisotopic (exact) mass is 400 g/mol. The predicted octanol–water partition coefficient (Wildman–Crippen LogP) is 4.00. The summed E-state index contributed by atoms with van der Waals surface area (Å²) in [6.07, 6.45) is 4.29. The molecule has 27 heavy (non-hydrogen) atoms. The average Bonchev–Trinajstić information content (AvgIpc) is 3.36. The van der Waals surface area contributed by atoms with Crippen LogP contribution in [0.5, 0.6) is 0 Å². The van der Waals surface area contributed by atoms with Gasteiger partial charge >= 0.3 is 0 Å². The fourth-order valence-electron chi connectivity index (χ4n) is 4.85. The molecule has 4 rings (SSSR count).